The van der Waals surface area contributed by atoms with Gasteiger partial charge < -0.3 is 20.7 Å². The van der Waals surface area contributed by atoms with Gasteiger partial charge in [-0.05, 0) is 38.1 Å². The molecule has 0 bridgehead atoms. The highest BCUT2D eigenvalue weighted by molar-refractivity contribution is 6.00. The lowest BCUT2D eigenvalue weighted by molar-refractivity contribution is 0.0997. The minimum Gasteiger partial charge on any atom is -0.479 e. The van der Waals surface area contributed by atoms with Crippen molar-refractivity contribution in [2.45, 2.75) is 18.9 Å². The summed E-state index contributed by atoms with van der Waals surface area (Å²) in [7, 11) is 1.52. The number of carbonyl (C=O) groups excluding carboxylic acids is 1. The summed E-state index contributed by atoms with van der Waals surface area (Å²) in [6.07, 6.45) is 2.39. The van der Waals surface area contributed by atoms with Crippen LogP contribution >= 0.6 is 0 Å². The Hall–Kier alpha value is -2.58. The molecule has 0 unspecified atom stereocenters. The molecule has 2 aromatic rings. The highest BCUT2D eigenvalue weighted by Crippen LogP contribution is 2.32. The zero-order chi connectivity index (χ0) is 19.5. The summed E-state index contributed by atoms with van der Waals surface area (Å²) in [5, 5.41) is 7.96. The fraction of sp³-hybridized carbons (Fsp3) is 0.500. The Morgan fingerprint density at radius 1 is 1.14 bits per heavy atom. The molecule has 0 saturated carbocycles. The van der Waals surface area contributed by atoms with Crippen molar-refractivity contribution in [1.29, 1.82) is 0 Å². The molecule has 3 N–H and O–H groups in total. The second kappa shape index (κ2) is 8.20. The maximum absolute atomic E-state index is 12.2. The highest BCUT2D eigenvalue weighted by Gasteiger charge is 2.31. The third-order valence-corrected chi connectivity index (χ3v) is 5.71. The van der Waals surface area contributed by atoms with Crippen LogP contribution < -0.4 is 20.7 Å². The smallest absolute Gasteiger partial charge is 0.258 e. The molecule has 0 spiro atoms. The first kappa shape index (κ1) is 18.8. The second-order valence-corrected chi connectivity index (χ2v) is 7.32. The number of carbonyl (C=O) groups is 1. The highest BCUT2D eigenvalue weighted by atomic mass is 16.5. The molecule has 4 rings (SSSR count). The molecule has 8 heteroatoms. The van der Waals surface area contributed by atoms with Crippen molar-refractivity contribution in [1.82, 2.24) is 20.0 Å². The molecule has 0 atom stereocenters. The molecule has 28 heavy (non-hydrogen) atoms. The van der Waals surface area contributed by atoms with Crippen LogP contribution in [0, 0.1) is 0 Å². The first-order valence-corrected chi connectivity index (χ1v) is 9.91. The van der Waals surface area contributed by atoms with Crippen molar-refractivity contribution < 1.29 is 9.53 Å². The summed E-state index contributed by atoms with van der Waals surface area (Å²) >= 11 is 0. The van der Waals surface area contributed by atoms with E-state index in [1.54, 1.807) is 4.68 Å². The van der Waals surface area contributed by atoms with E-state index in [-0.39, 0.29) is 5.88 Å². The minimum atomic E-state index is -0.519. The van der Waals surface area contributed by atoms with Gasteiger partial charge in [0.1, 0.15) is 11.4 Å². The Bertz CT molecular complexity index is 808. The molecule has 150 valence electrons. The van der Waals surface area contributed by atoms with Crippen LogP contribution in [0.1, 0.15) is 23.2 Å². The van der Waals surface area contributed by atoms with Gasteiger partial charge in [0.25, 0.3) is 5.91 Å². The van der Waals surface area contributed by atoms with Crippen LogP contribution in [0.4, 0.5) is 5.82 Å². The first-order valence-electron chi connectivity index (χ1n) is 9.91. The molecular weight excluding hydrogens is 356 g/mol. The van der Waals surface area contributed by atoms with Gasteiger partial charge in [-0.3, -0.25) is 9.69 Å². The summed E-state index contributed by atoms with van der Waals surface area (Å²) in [6, 6.07) is 10.4. The van der Waals surface area contributed by atoms with E-state index in [4.69, 9.17) is 10.5 Å². The third kappa shape index (κ3) is 3.57. The fourth-order valence-electron chi connectivity index (χ4n) is 4.26. The van der Waals surface area contributed by atoms with E-state index in [0.717, 1.165) is 50.8 Å². The predicted octanol–water partition coefficient (Wildman–Crippen LogP) is 0.854. The lowest BCUT2D eigenvalue weighted by Crippen LogP contribution is -2.53. The van der Waals surface area contributed by atoms with Crippen molar-refractivity contribution in [2.24, 2.45) is 5.73 Å². The number of aromatic nitrogens is 2. The Morgan fingerprint density at radius 3 is 2.43 bits per heavy atom. The minimum absolute atomic E-state index is 0.270. The van der Waals surface area contributed by atoms with Crippen LogP contribution in [0.25, 0.3) is 5.69 Å². The number of nitrogens with two attached hydrogens (primary N) is 1. The van der Waals surface area contributed by atoms with Crippen molar-refractivity contribution in [2.75, 3.05) is 51.3 Å². The maximum atomic E-state index is 12.2. The van der Waals surface area contributed by atoms with Gasteiger partial charge in [0.05, 0.1) is 12.8 Å². The number of rotatable bonds is 5. The SMILES string of the molecule is COc1nn(-c2ccccc2)c(N2CCN(C3CCNCC3)CC2)c1C(N)=O. The summed E-state index contributed by atoms with van der Waals surface area (Å²) in [6.45, 7) is 5.76. The quantitative estimate of drug-likeness (QED) is 0.795. The van der Waals surface area contributed by atoms with Gasteiger partial charge in [-0.2, -0.15) is 0 Å². The molecule has 1 aromatic heterocycles. The summed E-state index contributed by atoms with van der Waals surface area (Å²) in [5.41, 5.74) is 6.94. The number of anilines is 1. The zero-order valence-corrected chi connectivity index (χ0v) is 16.3. The van der Waals surface area contributed by atoms with E-state index in [0.29, 0.717) is 11.6 Å². The van der Waals surface area contributed by atoms with Gasteiger partial charge in [-0.1, -0.05) is 18.2 Å². The lowest BCUT2D eigenvalue weighted by Gasteiger charge is -2.41. The summed E-state index contributed by atoms with van der Waals surface area (Å²) < 4.78 is 7.16. The Balaban J connectivity index is 1.63. The number of amides is 1. The van der Waals surface area contributed by atoms with E-state index in [2.05, 4.69) is 20.2 Å². The number of hydrogen-bond donors (Lipinski definition) is 2. The van der Waals surface area contributed by atoms with E-state index < -0.39 is 5.91 Å². The molecule has 0 aliphatic carbocycles. The Kier molecular flexibility index (Phi) is 5.50. The molecule has 2 fully saturated rings. The number of nitrogens with zero attached hydrogens (tertiary/aromatic N) is 4. The lowest BCUT2D eigenvalue weighted by atomic mass is 10.0. The van der Waals surface area contributed by atoms with Crippen molar-refractivity contribution in [3.63, 3.8) is 0 Å². The fourth-order valence-corrected chi connectivity index (χ4v) is 4.26. The topological polar surface area (TPSA) is 88.7 Å². The number of benzene rings is 1. The molecule has 1 amide bonds. The standard InChI is InChI=1S/C20H28N6O2/c1-28-19-17(18(21)27)20(26(23-19)16-5-3-2-4-6-16)25-13-11-24(12-14-25)15-7-9-22-10-8-15/h2-6,15,22H,7-14H2,1H3,(H2,21,27). The number of piperidine rings is 1. The summed E-state index contributed by atoms with van der Waals surface area (Å²) in [5.74, 6) is 0.475. The third-order valence-electron chi connectivity index (χ3n) is 5.71. The van der Waals surface area contributed by atoms with E-state index >= 15 is 0 Å². The van der Waals surface area contributed by atoms with E-state index in [9.17, 15) is 4.79 Å². The molecule has 2 saturated heterocycles. The van der Waals surface area contributed by atoms with E-state index in [1.807, 2.05) is 30.3 Å². The van der Waals surface area contributed by atoms with Gasteiger partial charge >= 0.3 is 0 Å². The van der Waals surface area contributed by atoms with Crippen LogP contribution in [0.2, 0.25) is 0 Å². The largest absolute Gasteiger partial charge is 0.479 e. The van der Waals surface area contributed by atoms with Crippen LogP contribution in [0.15, 0.2) is 30.3 Å². The Morgan fingerprint density at radius 2 is 1.82 bits per heavy atom. The van der Waals surface area contributed by atoms with Gasteiger partial charge in [0.2, 0.25) is 5.88 Å². The molecular formula is C20H28N6O2. The number of primary amides is 1. The maximum Gasteiger partial charge on any atom is 0.258 e. The number of hydrogen-bond acceptors (Lipinski definition) is 6. The molecule has 2 aliphatic heterocycles. The van der Waals surface area contributed by atoms with E-state index in [1.165, 1.54) is 20.0 Å². The number of piperazine rings is 1. The number of para-hydroxylation sites is 1. The van der Waals surface area contributed by atoms with Gasteiger partial charge in [-0.15, -0.1) is 5.10 Å². The molecule has 2 aliphatic rings. The average Bonchev–Trinajstić information content (AvgIpc) is 3.15. The second-order valence-electron chi connectivity index (χ2n) is 7.32. The first-order chi connectivity index (χ1) is 13.7. The van der Waals surface area contributed by atoms with Crippen LogP contribution in [-0.2, 0) is 0 Å². The normalized spacial score (nSPS) is 19.0. The Labute approximate surface area is 165 Å². The predicted molar refractivity (Wildman–Crippen MR) is 108 cm³/mol. The van der Waals surface area contributed by atoms with Crippen LogP contribution in [-0.4, -0.2) is 73.0 Å². The van der Waals surface area contributed by atoms with Crippen LogP contribution in [0.3, 0.4) is 0 Å². The number of methoxy groups -OCH3 is 1. The van der Waals surface area contributed by atoms with Crippen molar-refractivity contribution in [3.8, 4) is 11.6 Å². The zero-order valence-electron chi connectivity index (χ0n) is 16.3. The molecule has 3 heterocycles. The number of nitrogens with one attached hydrogen (secondary N) is 1. The molecule has 1 aromatic carbocycles. The summed E-state index contributed by atoms with van der Waals surface area (Å²) in [4.78, 5) is 17.0. The monoisotopic (exact) mass is 384 g/mol. The van der Waals surface area contributed by atoms with Crippen molar-refractivity contribution in [3.05, 3.63) is 35.9 Å². The van der Waals surface area contributed by atoms with Crippen molar-refractivity contribution >= 4 is 11.7 Å². The number of ether oxygens (including phenoxy) is 1. The average molecular weight is 384 g/mol. The van der Waals surface area contributed by atoms with Gasteiger partial charge in [0, 0.05) is 32.2 Å². The van der Waals surface area contributed by atoms with Crippen LogP contribution in [0.5, 0.6) is 5.88 Å². The van der Waals surface area contributed by atoms with Gasteiger partial charge in [0.15, 0.2) is 0 Å². The molecule has 0 radical (unpaired) electrons. The molecule has 8 nitrogen and oxygen atoms in total. The van der Waals surface area contributed by atoms with Gasteiger partial charge in [-0.25, -0.2) is 4.68 Å².